The minimum atomic E-state index is -0.302. The molecule has 1 aliphatic rings. The first-order chi connectivity index (χ1) is 8.25. The molecule has 2 rings (SSSR count). The summed E-state index contributed by atoms with van der Waals surface area (Å²) in [5.41, 5.74) is 0.599. The van der Waals surface area contributed by atoms with E-state index in [-0.39, 0.29) is 11.6 Å². The van der Waals surface area contributed by atoms with Gasteiger partial charge < -0.3 is 10.2 Å². The van der Waals surface area contributed by atoms with Crippen LogP contribution in [0.1, 0.15) is 16.8 Å². The van der Waals surface area contributed by atoms with E-state index in [0.717, 1.165) is 32.7 Å². The summed E-state index contributed by atoms with van der Waals surface area (Å²) >= 11 is 0. The Hall–Kier alpha value is -1.26. The van der Waals surface area contributed by atoms with Gasteiger partial charge in [0.05, 0.1) is 0 Å². The zero-order chi connectivity index (χ0) is 12.1. The Morgan fingerprint density at radius 1 is 1.24 bits per heavy atom. The van der Waals surface area contributed by atoms with Gasteiger partial charge in [-0.25, -0.2) is 4.39 Å². The van der Waals surface area contributed by atoms with Crippen LogP contribution in [0.4, 0.5) is 4.39 Å². The second-order valence-electron chi connectivity index (χ2n) is 4.27. The van der Waals surface area contributed by atoms with Crippen LogP contribution in [0, 0.1) is 5.82 Å². The van der Waals surface area contributed by atoms with Crippen LogP contribution in [0.3, 0.4) is 0 Å². The average Bonchev–Trinajstić information content (AvgIpc) is 2.38. The normalized spacial score (nSPS) is 17.0. The molecule has 1 N–H and O–H groups in total. The topological polar surface area (TPSA) is 32.3 Å². The molecule has 3 nitrogen and oxygen atoms in total. The maximum Gasteiger partial charge on any atom is 0.164 e. The van der Waals surface area contributed by atoms with Crippen molar-refractivity contribution in [3.8, 4) is 0 Å². The van der Waals surface area contributed by atoms with Crippen LogP contribution >= 0.6 is 0 Å². The van der Waals surface area contributed by atoms with Crippen LogP contribution in [0.25, 0.3) is 0 Å². The Balaban J connectivity index is 1.82. The molecule has 0 spiro atoms. The highest BCUT2D eigenvalue weighted by atomic mass is 19.1. The van der Waals surface area contributed by atoms with Gasteiger partial charge in [-0.05, 0) is 24.3 Å². The Morgan fingerprint density at radius 3 is 2.53 bits per heavy atom. The molecule has 1 fully saturated rings. The lowest BCUT2D eigenvalue weighted by Crippen LogP contribution is -2.44. The smallest absolute Gasteiger partial charge is 0.164 e. The van der Waals surface area contributed by atoms with E-state index in [1.54, 1.807) is 12.1 Å². The van der Waals surface area contributed by atoms with Crippen LogP contribution in [0.15, 0.2) is 24.3 Å². The summed E-state index contributed by atoms with van der Waals surface area (Å²) in [6, 6.07) is 5.76. The second kappa shape index (κ2) is 5.89. The van der Waals surface area contributed by atoms with Crippen molar-refractivity contribution >= 4 is 5.78 Å². The van der Waals surface area contributed by atoms with E-state index in [9.17, 15) is 9.18 Å². The zero-order valence-corrected chi connectivity index (χ0v) is 9.79. The van der Waals surface area contributed by atoms with Crippen LogP contribution in [0.2, 0.25) is 0 Å². The molecule has 1 saturated heterocycles. The number of hydrogen-bond donors (Lipinski definition) is 1. The highest BCUT2D eigenvalue weighted by molar-refractivity contribution is 5.96. The fourth-order valence-corrected chi connectivity index (χ4v) is 1.97. The molecule has 1 aromatic carbocycles. The van der Waals surface area contributed by atoms with Crippen molar-refractivity contribution in [3.63, 3.8) is 0 Å². The number of halogens is 1. The SMILES string of the molecule is O=C(CCN1CCNCC1)c1ccc(F)cc1. The molecular formula is C13H17FN2O. The number of Topliss-reactive ketones (excluding diaryl/α,β-unsaturated/α-hetero) is 1. The summed E-state index contributed by atoms with van der Waals surface area (Å²) in [6.45, 7) is 4.76. The quantitative estimate of drug-likeness (QED) is 0.800. The number of nitrogens with zero attached hydrogens (tertiary/aromatic N) is 1. The molecule has 0 aromatic heterocycles. The van der Waals surface area contributed by atoms with Gasteiger partial charge in [0.1, 0.15) is 5.82 Å². The molecule has 1 aromatic rings. The highest BCUT2D eigenvalue weighted by Gasteiger charge is 2.12. The predicted molar refractivity (Wildman–Crippen MR) is 64.7 cm³/mol. The fraction of sp³-hybridized carbons (Fsp3) is 0.462. The molecule has 1 aliphatic heterocycles. The number of piperazine rings is 1. The number of hydrogen-bond acceptors (Lipinski definition) is 3. The Morgan fingerprint density at radius 2 is 1.88 bits per heavy atom. The van der Waals surface area contributed by atoms with Gasteiger partial charge in [0.2, 0.25) is 0 Å². The van der Waals surface area contributed by atoms with Gasteiger partial charge in [0.25, 0.3) is 0 Å². The van der Waals surface area contributed by atoms with Crippen LogP contribution in [-0.4, -0.2) is 43.4 Å². The van der Waals surface area contributed by atoms with Gasteiger partial charge in [-0.15, -0.1) is 0 Å². The van der Waals surface area contributed by atoms with E-state index in [0.29, 0.717) is 12.0 Å². The van der Waals surface area contributed by atoms with Gasteiger partial charge >= 0.3 is 0 Å². The predicted octanol–water partition coefficient (Wildman–Crippen LogP) is 1.30. The van der Waals surface area contributed by atoms with Crippen molar-refractivity contribution in [2.24, 2.45) is 0 Å². The summed E-state index contributed by atoms with van der Waals surface area (Å²) in [7, 11) is 0. The molecule has 1 heterocycles. The Bertz CT molecular complexity index is 372. The first kappa shape index (κ1) is 12.2. The van der Waals surface area contributed by atoms with E-state index in [2.05, 4.69) is 10.2 Å². The minimum Gasteiger partial charge on any atom is -0.314 e. The Labute approximate surface area is 101 Å². The van der Waals surface area contributed by atoms with Crippen LogP contribution in [0.5, 0.6) is 0 Å². The van der Waals surface area contributed by atoms with Gasteiger partial charge in [-0.3, -0.25) is 4.79 Å². The summed E-state index contributed by atoms with van der Waals surface area (Å²) in [5.74, 6) is -0.216. The maximum absolute atomic E-state index is 12.7. The third kappa shape index (κ3) is 3.61. The van der Waals surface area contributed by atoms with E-state index in [1.165, 1.54) is 12.1 Å². The lowest BCUT2D eigenvalue weighted by Gasteiger charge is -2.26. The van der Waals surface area contributed by atoms with E-state index >= 15 is 0 Å². The number of ketones is 1. The molecule has 0 aliphatic carbocycles. The van der Waals surface area contributed by atoms with Gasteiger partial charge in [-0.2, -0.15) is 0 Å². The van der Waals surface area contributed by atoms with Gasteiger partial charge in [-0.1, -0.05) is 0 Å². The summed E-state index contributed by atoms with van der Waals surface area (Å²) in [6.07, 6.45) is 0.506. The lowest BCUT2D eigenvalue weighted by molar-refractivity contribution is 0.0960. The molecule has 0 unspecified atom stereocenters. The van der Waals surface area contributed by atoms with E-state index in [4.69, 9.17) is 0 Å². The van der Waals surface area contributed by atoms with Crippen LogP contribution < -0.4 is 5.32 Å². The van der Waals surface area contributed by atoms with Crippen molar-refractivity contribution in [3.05, 3.63) is 35.6 Å². The standard InChI is InChI=1S/C13H17FN2O/c14-12-3-1-11(2-4-12)13(17)5-8-16-9-6-15-7-10-16/h1-4,15H,5-10H2. The first-order valence-corrected chi connectivity index (χ1v) is 5.97. The molecule has 0 bridgehead atoms. The van der Waals surface area contributed by atoms with Crippen LogP contribution in [-0.2, 0) is 0 Å². The van der Waals surface area contributed by atoms with Crippen molar-refractivity contribution < 1.29 is 9.18 Å². The minimum absolute atomic E-state index is 0.0866. The van der Waals surface area contributed by atoms with E-state index < -0.39 is 0 Å². The largest absolute Gasteiger partial charge is 0.314 e. The zero-order valence-electron chi connectivity index (χ0n) is 9.79. The molecule has 4 heteroatoms. The number of benzene rings is 1. The van der Waals surface area contributed by atoms with Gasteiger partial charge in [0, 0.05) is 44.7 Å². The third-order valence-electron chi connectivity index (χ3n) is 3.03. The number of rotatable bonds is 4. The van der Waals surface area contributed by atoms with Crippen molar-refractivity contribution in [2.45, 2.75) is 6.42 Å². The Kier molecular flexibility index (Phi) is 4.23. The molecule has 0 saturated carbocycles. The van der Waals surface area contributed by atoms with Gasteiger partial charge in [0.15, 0.2) is 5.78 Å². The molecule has 92 valence electrons. The third-order valence-corrected chi connectivity index (χ3v) is 3.03. The lowest BCUT2D eigenvalue weighted by atomic mass is 10.1. The summed E-state index contributed by atoms with van der Waals surface area (Å²) in [5, 5.41) is 3.27. The maximum atomic E-state index is 12.7. The fourth-order valence-electron chi connectivity index (χ4n) is 1.97. The average molecular weight is 236 g/mol. The van der Waals surface area contributed by atoms with Crippen molar-refractivity contribution in [1.82, 2.24) is 10.2 Å². The monoisotopic (exact) mass is 236 g/mol. The number of carbonyl (C=O) groups is 1. The highest BCUT2D eigenvalue weighted by Crippen LogP contribution is 2.06. The molecular weight excluding hydrogens is 219 g/mol. The first-order valence-electron chi connectivity index (χ1n) is 5.97. The molecule has 0 atom stereocenters. The molecule has 0 radical (unpaired) electrons. The van der Waals surface area contributed by atoms with Crippen molar-refractivity contribution in [2.75, 3.05) is 32.7 Å². The number of carbonyl (C=O) groups excluding carboxylic acids is 1. The summed E-state index contributed by atoms with van der Waals surface area (Å²) in [4.78, 5) is 14.1. The van der Waals surface area contributed by atoms with E-state index in [1.807, 2.05) is 0 Å². The van der Waals surface area contributed by atoms with Crippen molar-refractivity contribution in [1.29, 1.82) is 0 Å². The second-order valence-corrected chi connectivity index (χ2v) is 4.27. The summed E-state index contributed by atoms with van der Waals surface area (Å²) < 4.78 is 12.7. The molecule has 0 amide bonds. The number of nitrogens with one attached hydrogen (secondary N) is 1. The molecule has 17 heavy (non-hydrogen) atoms.